The Morgan fingerprint density at radius 3 is 2.28 bits per heavy atom. The number of nitrogens with zero attached hydrogens (tertiary/aromatic N) is 3. The van der Waals surface area contributed by atoms with Crippen LogP contribution in [0.25, 0.3) is 27.5 Å². The third kappa shape index (κ3) is 3.57. The van der Waals surface area contributed by atoms with Crippen LogP contribution < -0.4 is 0 Å². The molecular weight excluding hydrogens is 538 g/mol. The van der Waals surface area contributed by atoms with Gasteiger partial charge in [0.05, 0.1) is 21.6 Å². The van der Waals surface area contributed by atoms with Gasteiger partial charge in [0.1, 0.15) is 0 Å². The summed E-state index contributed by atoms with van der Waals surface area (Å²) in [5.74, 6) is -0.576. The first-order valence-electron chi connectivity index (χ1n) is 14.6. The van der Waals surface area contributed by atoms with Crippen molar-refractivity contribution >= 4 is 28.1 Å². The SMILES string of the molecule is CCc1ccc2c(C3(c4c(C)n(CC)c5ccccc45)OC(=O)c4cccc([N+](=O)[O-])c43)c(-c3ccccc3)c(C)n2c1. The molecule has 7 rings (SSSR count). The summed E-state index contributed by atoms with van der Waals surface area (Å²) >= 11 is 0. The Labute approximate surface area is 249 Å². The minimum absolute atomic E-state index is 0.141. The highest BCUT2D eigenvalue weighted by atomic mass is 16.6. The molecule has 0 amide bonds. The van der Waals surface area contributed by atoms with Crippen LogP contribution in [0.2, 0.25) is 0 Å². The number of nitro benzene ring substituents is 1. The lowest BCUT2D eigenvalue weighted by atomic mass is 9.75. The van der Waals surface area contributed by atoms with Gasteiger partial charge in [-0.15, -0.1) is 0 Å². The number of aryl methyl sites for hydroxylation is 3. The molecule has 7 heteroatoms. The zero-order valence-corrected chi connectivity index (χ0v) is 24.5. The number of benzene rings is 3. The number of hydrogen-bond acceptors (Lipinski definition) is 4. The topological polar surface area (TPSA) is 78.8 Å². The molecule has 0 saturated carbocycles. The van der Waals surface area contributed by atoms with Gasteiger partial charge >= 0.3 is 5.97 Å². The van der Waals surface area contributed by atoms with Crippen LogP contribution in [0.5, 0.6) is 0 Å². The van der Waals surface area contributed by atoms with Crippen LogP contribution in [0.15, 0.2) is 91.1 Å². The van der Waals surface area contributed by atoms with Crippen molar-refractivity contribution in [1.29, 1.82) is 0 Å². The van der Waals surface area contributed by atoms with Crippen molar-refractivity contribution in [3.8, 4) is 11.1 Å². The van der Waals surface area contributed by atoms with E-state index in [9.17, 15) is 14.9 Å². The van der Waals surface area contributed by atoms with Crippen molar-refractivity contribution in [2.75, 3.05) is 0 Å². The van der Waals surface area contributed by atoms with Crippen LogP contribution in [0.4, 0.5) is 5.69 Å². The van der Waals surface area contributed by atoms with Crippen LogP contribution in [-0.2, 0) is 23.3 Å². The van der Waals surface area contributed by atoms with Crippen molar-refractivity contribution < 1.29 is 14.5 Å². The smallest absolute Gasteiger partial charge is 0.340 e. The van der Waals surface area contributed by atoms with Gasteiger partial charge in [-0.1, -0.05) is 67.6 Å². The number of cyclic esters (lactones) is 1. The van der Waals surface area contributed by atoms with Crippen molar-refractivity contribution in [3.63, 3.8) is 0 Å². The molecule has 1 unspecified atom stereocenters. The molecule has 1 atom stereocenters. The molecule has 0 bridgehead atoms. The number of para-hydroxylation sites is 1. The van der Waals surface area contributed by atoms with E-state index in [0.717, 1.165) is 62.0 Å². The molecule has 1 aliphatic rings. The zero-order valence-electron chi connectivity index (χ0n) is 24.5. The van der Waals surface area contributed by atoms with Crippen LogP contribution >= 0.6 is 0 Å². The number of carbonyl (C=O) groups excluding carboxylic acids is 1. The molecule has 3 aromatic carbocycles. The molecule has 0 fully saturated rings. The van der Waals surface area contributed by atoms with E-state index < -0.39 is 16.5 Å². The van der Waals surface area contributed by atoms with E-state index in [1.54, 1.807) is 12.1 Å². The van der Waals surface area contributed by atoms with Crippen molar-refractivity contribution in [2.24, 2.45) is 0 Å². The summed E-state index contributed by atoms with van der Waals surface area (Å²) in [6, 6.07) is 26.9. The van der Waals surface area contributed by atoms with Crippen molar-refractivity contribution in [3.05, 3.63) is 140 Å². The molecule has 7 nitrogen and oxygen atoms in total. The fourth-order valence-electron chi connectivity index (χ4n) is 7.22. The lowest BCUT2D eigenvalue weighted by Gasteiger charge is -2.31. The van der Waals surface area contributed by atoms with Crippen LogP contribution in [-0.4, -0.2) is 19.9 Å². The summed E-state index contributed by atoms with van der Waals surface area (Å²) in [6.07, 6.45) is 2.97. The number of rotatable bonds is 6. The van der Waals surface area contributed by atoms with Crippen LogP contribution in [0, 0.1) is 24.0 Å². The third-order valence-electron chi connectivity index (χ3n) is 9.02. The van der Waals surface area contributed by atoms with E-state index in [2.05, 4.69) is 54.1 Å². The number of ether oxygens (including phenoxy) is 1. The summed E-state index contributed by atoms with van der Waals surface area (Å²) in [4.78, 5) is 26.3. The van der Waals surface area contributed by atoms with E-state index >= 15 is 0 Å². The summed E-state index contributed by atoms with van der Waals surface area (Å²) in [7, 11) is 0. The minimum atomic E-state index is -1.60. The average Bonchev–Trinajstić information content (AvgIpc) is 3.61. The summed E-state index contributed by atoms with van der Waals surface area (Å²) in [5.41, 5.74) is 6.87. The Bertz CT molecular complexity index is 2100. The Morgan fingerprint density at radius 1 is 0.814 bits per heavy atom. The predicted octanol–water partition coefficient (Wildman–Crippen LogP) is 8.13. The van der Waals surface area contributed by atoms with Gasteiger partial charge in [-0.3, -0.25) is 10.1 Å². The maximum absolute atomic E-state index is 14.0. The van der Waals surface area contributed by atoms with Crippen LogP contribution in [0.3, 0.4) is 0 Å². The molecule has 1 aliphatic heterocycles. The Hall–Kier alpha value is -5.17. The number of aromatic nitrogens is 2. The number of carbonyl (C=O) groups is 1. The molecule has 0 radical (unpaired) electrons. The first-order chi connectivity index (χ1) is 20.8. The Kier molecular flexibility index (Phi) is 6.02. The largest absolute Gasteiger partial charge is 0.440 e. The molecule has 6 aromatic rings. The fraction of sp³-hybridized carbons (Fsp3) is 0.194. The molecule has 214 valence electrons. The number of esters is 1. The first-order valence-corrected chi connectivity index (χ1v) is 14.6. The lowest BCUT2D eigenvalue weighted by Crippen LogP contribution is -2.32. The first kappa shape index (κ1) is 26.7. The molecule has 43 heavy (non-hydrogen) atoms. The number of nitro groups is 1. The van der Waals surface area contributed by atoms with Gasteiger partial charge in [0.2, 0.25) is 5.60 Å². The van der Waals surface area contributed by atoms with Crippen LogP contribution in [0.1, 0.15) is 57.8 Å². The lowest BCUT2D eigenvalue weighted by molar-refractivity contribution is -0.386. The zero-order chi connectivity index (χ0) is 30.0. The van der Waals surface area contributed by atoms with Gasteiger partial charge < -0.3 is 13.7 Å². The summed E-state index contributed by atoms with van der Waals surface area (Å²) < 4.78 is 11.0. The number of pyridine rings is 1. The quantitative estimate of drug-likeness (QED) is 0.115. The van der Waals surface area contributed by atoms with Gasteiger partial charge in [-0.25, -0.2) is 4.79 Å². The monoisotopic (exact) mass is 569 g/mol. The van der Waals surface area contributed by atoms with Gasteiger partial charge in [0.25, 0.3) is 5.69 Å². The standard InChI is InChI=1S/C36H31N3O4/c1-5-24-19-20-29-34(31(22(3)38(29)21-24)25-13-8-7-9-14-25)36(32-23(4)37(6-2)28-17-11-10-15-26(28)32)33-27(35(40)43-36)16-12-18-30(33)39(41)42/h7-21H,5-6H2,1-4H3. The third-order valence-corrected chi connectivity index (χ3v) is 9.02. The van der Waals surface area contributed by atoms with Crippen molar-refractivity contribution in [2.45, 2.75) is 46.3 Å². The van der Waals surface area contributed by atoms with Gasteiger partial charge in [-0.05, 0) is 56.5 Å². The van der Waals surface area contributed by atoms with E-state index in [1.807, 2.05) is 55.5 Å². The maximum atomic E-state index is 14.0. The highest BCUT2D eigenvalue weighted by molar-refractivity contribution is 6.02. The molecule has 3 aromatic heterocycles. The van der Waals surface area contributed by atoms with Gasteiger partial charge in [0.15, 0.2) is 0 Å². The number of fused-ring (bicyclic) bond motifs is 3. The second-order valence-electron chi connectivity index (χ2n) is 11.1. The maximum Gasteiger partial charge on any atom is 0.340 e. The molecule has 0 aliphatic carbocycles. The molecule has 4 heterocycles. The molecule has 0 spiro atoms. The van der Waals surface area contributed by atoms with E-state index in [4.69, 9.17) is 4.74 Å². The highest BCUT2D eigenvalue weighted by Crippen LogP contribution is 2.57. The fourth-order valence-corrected chi connectivity index (χ4v) is 7.22. The highest BCUT2D eigenvalue weighted by Gasteiger charge is 2.57. The molecule has 0 N–H and O–H groups in total. The minimum Gasteiger partial charge on any atom is -0.440 e. The Balaban J connectivity index is 1.78. The van der Waals surface area contributed by atoms with Gasteiger partial charge in [-0.2, -0.15) is 0 Å². The predicted molar refractivity (Wildman–Crippen MR) is 168 cm³/mol. The molecular formula is C36H31N3O4. The average molecular weight is 570 g/mol. The van der Waals surface area contributed by atoms with E-state index in [1.165, 1.54) is 6.07 Å². The molecule has 0 saturated heterocycles. The summed E-state index contributed by atoms with van der Waals surface area (Å²) in [6.45, 7) is 8.95. The number of hydrogen-bond donors (Lipinski definition) is 0. The Morgan fingerprint density at radius 2 is 1.56 bits per heavy atom. The summed E-state index contributed by atoms with van der Waals surface area (Å²) in [5, 5.41) is 13.7. The van der Waals surface area contributed by atoms with Crippen molar-refractivity contribution in [1.82, 2.24) is 8.97 Å². The second kappa shape index (κ2) is 9.70. The van der Waals surface area contributed by atoms with Gasteiger partial charge in [0, 0.05) is 57.8 Å². The van der Waals surface area contributed by atoms with E-state index in [0.29, 0.717) is 6.54 Å². The van der Waals surface area contributed by atoms with E-state index in [-0.39, 0.29) is 16.8 Å². The normalized spacial score (nSPS) is 16.1. The second-order valence-corrected chi connectivity index (χ2v) is 11.1.